The second-order valence-corrected chi connectivity index (χ2v) is 16.7. The van der Waals surface area contributed by atoms with Crippen molar-refractivity contribution in [2.45, 2.75) is 70.9 Å². The molecule has 0 heterocycles. The van der Waals surface area contributed by atoms with Gasteiger partial charge in [-0.05, 0) is 105 Å². The highest BCUT2D eigenvalue weighted by atomic mass is 31.2. The first-order valence-corrected chi connectivity index (χ1v) is 22.3. The molecule has 3 unspecified atom stereocenters. The maximum atomic E-state index is 14.5. The van der Waals surface area contributed by atoms with Gasteiger partial charge in [0.2, 0.25) is 5.79 Å². The van der Waals surface area contributed by atoms with Crippen molar-refractivity contribution in [3.05, 3.63) is 198 Å². The van der Waals surface area contributed by atoms with E-state index in [1.165, 1.54) is 24.3 Å². The van der Waals surface area contributed by atoms with E-state index >= 15 is 0 Å². The van der Waals surface area contributed by atoms with Gasteiger partial charge in [-0.1, -0.05) is 130 Å². The third kappa shape index (κ3) is 11.3. The minimum atomic E-state index is -4.34. The number of hydrogen-bond acceptors (Lipinski definition) is 10. The van der Waals surface area contributed by atoms with E-state index in [1.807, 2.05) is 64.1 Å². The lowest BCUT2D eigenvalue weighted by atomic mass is 9.87. The molecule has 5 aromatic rings. The number of phosphoric acid groups is 2. The predicted molar refractivity (Wildman–Crippen MR) is 231 cm³/mol. The Bertz CT molecular complexity index is 2260. The van der Waals surface area contributed by atoms with Crippen LogP contribution in [0.3, 0.4) is 0 Å². The van der Waals surface area contributed by atoms with Gasteiger partial charge in [-0.25, -0.2) is 9.13 Å². The molecule has 0 radical (unpaired) electrons. The van der Waals surface area contributed by atoms with Crippen molar-refractivity contribution in [3.8, 4) is 17.2 Å². The molecule has 0 amide bonds. The van der Waals surface area contributed by atoms with Crippen LogP contribution in [0, 0.1) is 0 Å². The highest BCUT2D eigenvalue weighted by molar-refractivity contribution is 7.49. The van der Waals surface area contributed by atoms with Gasteiger partial charge in [0.05, 0.1) is 0 Å². The molecule has 0 spiro atoms. The summed E-state index contributed by atoms with van der Waals surface area (Å²) in [6, 6.07) is 38.9. The Morgan fingerprint density at radius 2 is 1.03 bits per heavy atom. The third-order valence-corrected chi connectivity index (χ3v) is 12.8. The number of allylic oxidation sites excluding steroid dienone is 4. The van der Waals surface area contributed by atoms with Gasteiger partial charge in [0.25, 0.3) is 0 Å². The van der Waals surface area contributed by atoms with Gasteiger partial charge in [0.1, 0.15) is 34.2 Å². The summed E-state index contributed by atoms with van der Waals surface area (Å²) in [6.07, 6.45) is 7.65. The average molecular weight is 839 g/mol. The first-order chi connectivity index (χ1) is 28.2. The average Bonchev–Trinajstić information content (AvgIpc) is 3.25. The Balaban J connectivity index is 1.40. The molecule has 0 aromatic heterocycles. The van der Waals surface area contributed by atoms with Crippen LogP contribution >= 0.6 is 15.6 Å². The summed E-state index contributed by atoms with van der Waals surface area (Å²) in [5.41, 5.74) is -0.544. The Kier molecular flexibility index (Phi) is 15.0. The van der Waals surface area contributed by atoms with Crippen LogP contribution in [0.25, 0.3) is 0 Å². The molecule has 0 bridgehead atoms. The summed E-state index contributed by atoms with van der Waals surface area (Å²) in [5.74, 6) is -1.50. The topological polar surface area (TPSA) is 130 Å². The maximum Gasteiger partial charge on any atom is 0.588 e. The predicted octanol–water partition coefficient (Wildman–Crippen LogP) is 12.7. The zero-order valence-corrected chi connectivity index (χ0v) is 35.8. The molecular formula is C47H52O10P2. The van der Waals surface area contributed by atoms with Crippen LogP contribution in [0.1, 0.15) is 76.1 Å². The zero-order valence-electron chi connectivity index (χ0n) is 34.0. The highest BCUT2D eigenvalue weighted by Gasteiger charge is 2.44. The second-order valence-electron chi connectivity index (χ2n) is 13.8. The summed E-state index contributed by atoms with van der Waals surface area (Å²) in [4.78, 5) is 0. The molecular weight excluding hydrogens is 786 g/mol. The van der Waals surface area contributed by atoms with E-state index < -0.39 is 32.6 Å². The van der Waals surface area contributed by atoms with Gasteiger partial charge in [0, 0.05) is 11.1 Å². The Morgan fingerprint density at radius 1 is 0.593 bits per heavy atom. The first-order valence-electron chi connectivity index (χ1n) is 19.4. The third-order valence-electron chi connectivity index (χ3n) is 9.91. The van der Waals surface area contributed by atoms with Gasteiger partial charge in [0.15, 0.2) is 0 Å². The van der Waals surface area contributed by atoms with Crippen molar-refractivity contribution in [2.75, 3.05) is 0 Å². The van der Waals surface area contributed by atoms with Crippen LogP contribution in [-0.2, 0) is 39.7 Å². The van der Waals surface area contributed by atoms with Crippen molar-refractivity contribution in [2.24, 2.45) is 0 Å². The fraction of sp³-hybridized carbons (Fsp3) is 0.234. The molecule has 0 saturated carbocycles. The Hall–Kier alpha value is -5.18. The zero-order chi connectivity index (χ0) is 42.6. The lowest BCUT2D eigenvalue weighted by Crippen LogP contribution is -2.30. The van der Waals surface area contributed by atoms with Crippen LogP contribution in [0.2, 0.25) is 0 Å². The number of aliphatic hydroxyl groups is 2. The molecule has 0 aliphatic rings. The number of hydrogen-bond donors (Lipinski definition) is 2. The largest absolute Gasteiger partial charge is 0.588 e. The second kappa shape index (κ2) is 19.7. The molecule has 0 fully saturated rings. The highest BCUT2D eigenvalue weighted by Crippen LogP contribution is 2.58. The minimum Gasteiger partial charge on any atom is -0.395 e. The van der Waals surface area contributed by atoms with E-state index in [0.29, 0.717) is 30.6 Å². The molecule has 10 nitrogen and oxygen atoms in total. The van der Waals surface area contributed by atoms with Crippen LogP contribution in [-0.4, -0.2) is 10.2 Å². The van der Waals surface area contributed by atoms with Crippen LogP contribution in [0.15, 0.2) is 176 Å². The summed E-state index contributed by atoms with van der Waals surface area (Å²) < 4.78 is 65.4. The fourth-order valence-corrected chi connectivity index (χ4v) is 9.57. The lowest BCUT2D eigenvalue weighted by molar-refractivity contribution is -0.132. The molecule has 0 aliphatic carbocycles. The smallest absolute Gasteiger partial charge is 0.395 e. The van der Waals surface area contributed by atoms with Crippen LogP contribution in [0.5, 0.6) is 17.2 Å². The van der Waals surface area contributed by atoms with Crippen LogP contribution in [0.4, 0.5) is 0 Å². The monoisotopic (exact) mass is 838 g/mol. The summed E-state index contributed by atoms with van der Waals surface area (Å²) >= 11 is 0. The lowest BCUT2D eigenvalue weighted by Gasteiger charge is -2.35. The number of para-hydroxylation sites is 2. The van der Waals surface area contributed by atoms with E-state index in [4.69, 9.17) is 27.1 Å². The van der Waals surface area contributed by atoms with E-state index in [1.54, 1.807) is 110 Å². The van der Waals surface area contributed by atoms with E-state index in [-0.39, 0.29) is 28.4 Å². The quantitative estimate of drug-likeness (QED) is 0.0319. The van der Waals surface area contributed by atoms with Crippen molar-refractivity contribution < 1.29 is 46.5 Å². The molecule has 310 valence electrons. The van der Waals surface area contributed by atoms with Gasteiger partial charge < -0.3 is 28.3 Å². The van der Waals surface area contributed by atoms with Gasteiger partial charge in [-0.3, -0.25) is 9.05 Å². The van der Waals surface area contributed by atoms with E-state index in [9.17, 15) is 19.3 Å². The van der Waals surface area contributed by atoms with Crippen molar-refractivity contribution >= 4 is 15.6 Å². The molecule has 3 atom stereocenters. The van der Waals surface area contributed by atoms with Crippen LogP contribution < -0.4 is 13.6 Å². The van der Waals surface area contributed by atoms with Crippen molar-refractivity contribution in [1.29, 1.82) is 0 Å². The number of rotatable bonds is 21. The summed E-state index contributed by atoms with van der Waals surface area (Å²) in [7, 11) is -8.68. The molecule has 0 saturated heterocycles. The molecule has 5 rings (SSSR count). The summed E-state index contributed by atoms with van der Waals surface area (Å²) in [6.45, 7) is 12.9. The Labute approximate surface area is 347 Å². The van der Waals surface area contributed by atoms with E-state index in [0.717, 1.165) is 5.56 Å². The van der Waals surface area contributed by atoms with Gasteiger partial charge >= 0.3 is 15.6 Å². The fourth-order valence-electron chi connectivity index (χ4n) is 6.27. The number of phosphoric ester groups is 2. The Morgan fingerprint density at radius 3 is 1.49 bits per heavy atom. The molecule has 2 N–H and O–H groups in total. The SMILES string of the molecule is C=C/C=C\C(=C/C)OP(=O)(Oc1ccccc1)OC(CC)(CC)c1ccc(C(O)(O)c2ccc(OP(=O)(Oc3ccccc3)OC(C)(CC)c3ccccc3)cc2)cc1. The first kappa shape index (κ1) is 44.9. The maximum absolute atomic E-state index is 14.5. The minimum absolute atomic E-state index is 0.106. The standard InChI is InChI=1S/C47H52O10P2/c1-7-12-24-41(8-2)52-59(51,54-43-27-20-15-21-28-43)57-46(10-4,11-5)38-29-31-39(32-30-38)47(48,49)40-33-35-44(36-34-40)55-58(50,53-42-25-18-14-19-26-42)56-45(6,9-3)37-22-16-13-17-23-37/h7-8,12-36,48-49H,1,9-11H2,2-6H3/b24-12-,41-8+. The molecule has 12 heteroatoms. The van der Waals surface area contributed by atoms with E-state index in [2.05, 4.69) is 6.58 Å². The van der Waals surface area contributed by atoms with Crippen molar-refractivity contribution in [1.82, 2.24) is 0 Å². The normalized spacial score (nSPS) is 15.3. The molecule has 5 aromatic carbocycles. The van der Waals surface area contributed by atoms with Gasteiger partial charge in [-0.2, -0.15) is 0 Å². The molecule has 0 aliphatic heterocycles. The summed E-state index contributed by atoms with van der Waals surface area (Å²) in [5, 5.41) is 23.0. The number of benzene rings is 5. The van der Waals surface area contributed by atoms with Crippen molar-refractivity contribution in [3.63, 3.8) is 0 Å². The van der Waals surface area contributed by atoms with Gasteiger partial charge in [-0.15, -0.1) is 0 Å². The molecule has 59 heavy (non-hydrogen) atoms.